The van der Waals surface area contributed by atoms with E-state index in [0.29, 0.717) is 6.10 Å². The van der Waals surface area contributed by atoms with E-state index in [9.17, 15) is 0 Å². The number of hydrogen-bond acceptors (Lipinski definition) is 4. The van der Waals surface area contributed by atoms with Crippen molar-refractivity contribution >= 4 is 5.69 Å². The molecule has 1 aliphatic carbocycles. The summed E-state index contributed by atoms with van der Waals surface area (Å²) in [5.74, 6) is 0. The van der Waals surface area contributed by atoms with Crippen molar-refractivity contribution in [1.29, 1.82) is 0 Å². The van der Waals surface area contributed by atoms with Gasteiger partial charge in [0.05, 0.1) is 6.10 Å². The third kappa shape index (κ3) is 3.25. The van der Waals surface area contributed by atoms with Gasteiger partial charge in [0.1, 0.15) is 0 Å². The second kappa shape index (κ2) is 5.88. The molecule has 1 unspecified atom stereocenters. The molecule has 0 amide bonds. The van der Waals surface area contributed by atoms with Gasteiger partial charge in [0.15, 0.2) is 0 Å². The van der Waals surface area contributed by atoms with Crippen molar-refractivity contribution in [1.82, 2.24) is 10.3 Å². The molecule has 2 heterocycles. The van der Waals surface area contributed by atoms with Crippen LogP contribution in [0.3, 0.4) is 0 Å². The van der Waals surface area contributed by atoms with Crippen molar-refractivity contribution < 1.29 is 4.74 Å². The fourth-order valence-corrected chi connectivity index (χ4v) is 2.76. The largest absolute Gasteiger partial charge is 0.380 e. The Hall–Kier alpha value is -1.13. The highest BCUT2D eigenvalue weighted by atomic mass is 16.5. The van der Waals surface area contributed by atoms with Crippen LogP contribution in [0.4, 0.5) is 5.69 Å². The molecule has 1 saturated heterocycles. The third-order valence-corrected chi connectivity index (χ3v) is 4.09. The van der Waals surface area contributed by atoms with Crippen molar-refractivity contribution in [3.8, 4) is 0 Å². The molecule has 104 valence electrons. The summed E-state index contributed by atoms with van der Waals surface area (Å²) in [6.45, 7) is 3.05. The zero-order chi connectivity index (χ0) is 13.1. The number of ether oxygens (including phenoxy) is 1. The fourth-order valence-electron chi connectivity index (χ4n) is 2.76. The summed E-state index contributed by atoms with van der Waals surface area (Å²) in [5.41, 5.74) is 2.64. The lowest BCUT2D eigenvalue weighted by atomic mass is 10.1. The van der Waals surface area contributed by atoms with Crippen molar-refractivity contribution in [3.05, 3.63) is 24.0 Å². The van der Waals surface area contributed by atoms with Crippen molar-refractivity contribution in [2.24, 2.45) is 0 Å². The molecule has 1 aromatic rings. The molecular weight excluding hydrogens is 238 g/mol. The predicted octanol–water partition coefficient (Wildman–Crippen LogP) is 1.95. The van der Waals surface area contributed by atoms with E-state index < -0.39 is 0 Å². The van der Waals surface area contributed by atoms with E-state index in [0.717, 1.165) is 25.7 Å². The highest BCUT2D eigenvalue weighted by molar-refractivity contribution is 5.52. The Labute approximate surface area is 115 Å². The maximum atomic E-state index is 5.52. The highest BCUT2D eigenvalue weighted by Crippen LogP contribution is 2.26. The SMILES string of the molecule is COC1CCCN(c2ccncc2CNC2CC2)C1. The number of nitrogens with zero attached hydrogens (tertiary/aromatic N) is 2. The molecule has 4 nitrogen and oxygen atoms in total. The fraction of sp³-hybridized carbons (Fsp3) is 0.667. The van der Waals surface area contributed by atoms with E-state index in [2.05, 4.69) is 21.3 Å². The highest BCUT2D eigenvalue weighted by Gasteiger charge is 2.23. The van der Waals surface area contributed by atoms with Gasteiger partial charge in [-0.15, -0.1) is 0 Å². The minimum Gasteiger partial charge on any atom is -0.380 e. The topological polar surface area (TPSA) is 37.4 Å². The molecule has 0 spiro atoms. The lowest BCUT2D eigenvalue weighted by molar-refractivity contribution is 0.0893. The number of pyridine rings is 1. The van der Waals surface area contributed by atoms with Crippen molar-refractivity contribution in [3.63, 3.8) is 0 Å². The van der Waals surface area contributed by atoms with Crippen LogP contribution in [-0.2, 0) is 11.3 Å². The van der Waals surface area contributed by atoms with Gasteiger partial charge >= 0.3 is 0 Å². The van der Waals surface area contributed by atoms with Gasteiger partial charge in [-0.1, -0.05) is 0 Å². The normalized spacial score (nSPS) is 23.6. The summed E-state index contributed by atoms with van der Waals surface area (Å²) in [5, 5.41) is 3.58. The van der Waals surface area contributed by atoms with Gasteiger partial charge in [0.25, 0.3) is 0 Å². The number of anilines is 1. The van der Waals surface area contributed by atoms with Crippen LogP contribution in [0.25, 0.3) is 0 Å². The number of methoxy groups -OCH3 is 1. The Bertz CT molecular complexity index is 420. The van der Waals surface area contributed by atoms with Crippen LogP contribution in [0.1, 0.15) is 31.2 Å². The molecule has 2 aliphatic rings. The zero-order valence-corrected chi connectivity index (χ0v) is 11.6. The standard InChI is InChI=1S/C15H23N3O/c1-19-14-3-2-8-18(11-14)15-6-7-16-9-12(15)10-17-13-4-5-13/h6-7,9,13-14,17H,2-5,8,10-11H2,1H3. The summed E-state index contributed by atoms with van der Waals surface area (Å²) in [6, 6.07) is 2.88. The quantitative estimate of drug-likeness (QED) is 0.879. The second-order valence-corrected chi connectivity index (χ2v) is 5.61. The molecule has 3 rings (SSSR count). The third-order valence-electron chi connectivity index (χ3n) is 4.09. The molecule has 19 heavy (non-hydrogen) atoms. The molecule has 0 radical (unpaired) electrons. The first kappa shape index (κ1) is 12.9. The molecule has 4 heteroatoms. The van der Waals surface area contributed by atoms with Crippen LogP contribution in [0, 0.1) is 0 Å². The van der Waals surface area contributed by atoms with Crippen LogP contribution in [0.5, 0.6) is 0 Å². The number of piperidine rings is 1. The zero-order valence-electron chi connectivity index (χ0n) is 11.6. The van der Waals surface area contributed by atoms with Gasteiger partial charge < -0.3 is 15.0 Å². The summed E-state index contributed by atoms with van der Waals surface area (Å²) >= 11 is 0. The molecule has 1 atom stereocenters. The molecule has 0 aromatic carbocycles. The van der Waals surface area contributed by atoms with E-state index >= 15 is 0 Å². The Morgan fingerprint density at radius 3 is 3.11 bits per heavy atom. The minimum absolute atomic E-state index is 0.367. The Morgan fingerprint density at radius 2 is 2.32 bits per heavy atom. The Balaban J connectivity index is 1.70. The lowest BCUT2D eigenvalue weighted by Crippen LogP contribution is -2.40. The van der Waals surface area contributed by atoms with E-state index in [1.807, 2.05) is 19.5 Å². The molecule has 0 bridgehead atoms. The average molecular weight is 261 g/mol. The average Bonchev–Trinajstić information content (AvgIpc) is 3.30. The maximum Gasteiger partial charge on any atom is 0.0746 e. The molecule has 1 N–H and O–H groups in total. The molecular formula is C15H23N3O. The van der Waals surface area contributed by atoms with E-state index in [4.69, 9.17) is 4.74 Å². The van der Waals surface area contributed by atoms with Crippen LogP contribution in [0.2, 0.25) is 0 Å². The summed E-state index contributed by atoms with van der Waals surface area (Å²) in [7, 11) is 1.82. The van der Waals surface area contributed by atoms with Gasteiger partial charge in [-0.05, 0) is 31.7 Å². The Kier molecular flexibility index (Phi) is 3.99. The van der Waals surface area contributed by atoms with Gasteiger partial charge in [-0.3, -0.25) is 4.98 Å². The van der Waals surface area contributed by atoms with E-state index in [1.54, 1.807) is 0 Å². The number of rotatable bonds is 5. The minimum atomic E-state index is 0.367. The predicted molar refractivity (Wildman–Crippen MR) is 76.3 cm³/mol. The summed E-state index contributed by atoms with van der Waals surface area (Å²) in [4.78, 5) is 6.73. The van der Waals surface area contributed by atoms with Gasteiger partial charge in [-0.25, -0.2) is 0 Å². The van der Waals surface area contributed by atoms with Crippen molar-refractivity contribution in [2.45, 2.75) is 44.4 Å². The molecule has 1 aromatic heterocycles. The molecule has 1 saturated carbocycles. The molecule has 2 fully saturated rings. The Morgan fingerprint density at radius 1 is 1.42 bits per heavy atom. The summed E-state index contributed by atoms with van der Waals surface area (Å²) in [6.07, 6.45) is 9.29. The van der Waals surface area contributed by atoms with Crippen LogP contribution in [0.15, 0.2) is 18.5 Å². The number of aromatic nitrogens is 1. The van der Waals surface area contributed by atoms with E-state index in [1.165, 1.54) is 36.9 Å². The molecule has 1 aliphatic heterocycles. The van der Waals surface area contributed by atoms with Crippen LogP contribution in [-0.4, -0.2) is 37.3 Å². The van der Waals surface area contributed by atoms with Crippen molar-refractivity contribution in [2.75, 3.05) is 25.1 Å². The smallest absolute Gasteiger partial charge is 0.0746 e. The lowest BCUT2D eigenvalue weighted by Gasteiger charge is -2.34. The number of nitrogens with one attached hydrogen (secondary N) is 1. The first-order chi connectivity index (χ1) is 9.36. The maximum absolute atomic E-state index is 5.52. The number of hydrogen-bond donors (Lipinski definition) is 1. The first-order valence-electron chi connectivity index (χ1n) is 7.31. The van der Waals surface area contributed by atoms with Crippen LogP contribution >= 0.6 is 0 Å². The van der Waals surface area contributed by atoms with E-state index in [-0.39, 0.29) is 0 Å². The van der Waals surface area contributed by atoms with Gasteiger partial charge in [0, 0.05) is 56.4 Å². The van der Waals surface area contributed by atoms with Gasteiger partial charge in [-0.2, -0.15) is 0 Å². The monoisotopic (exact) mass is 261 g/mol. The van der Waals surface area contributed by atoms with Gasteiger partial charge in [0.2, 0.25) is 0 Å². The second-order valence-electron chi connectivity index (χ2n) is 5.61. The summed E-state index contributed by atoms with van der Waals surface area (Å²) < 4.78 is 5.52. The first-order valence-corrected chi connectivity index (χ1v) is 7.31. The van der Waals surface area contributed by atoms with Crippen LogP contribution < -0.4 is 10.2 Å².